The lowest BCUT2D eigenvalue weighted by Crippen LogP contribution is -2.53. The summed E-state index contributed by atoms with van der Waals surface area (Å²) in [5, 5.41) is 7.05. The molecule has 0 heterocycles. The molecule has 0 saturated carbocycles. The van der Waals surface area contributed by atoms with Gasteiger partial charge in [-0.3, -0.25) is 4.99 Å². The third-order valence-corrected chi connectivity index (χ3v) is 5.05. The Kier molecular flexibility index (Phi) is 8.35. The maximum atomic E-state index is 11.3. The number of sulfonamides is 1. The quantitative estimate of drug-likeness (QED) is 0.272. The average Bonchev–Trinajstić information content (AvgIpc) is 2.46. The fourth-order valence-electron chi connectivity index (χ4n) is 1.93. The van der Waals surface area contributed by atoms with Gasteiger partial charge in [0.2, 0.25) is 10.0 Å². The van der Waals surface area contributed by atoms with Gasteiger partial charge < -0.3 is 10.6 Å². The Morgan fingerprint density at radius 3 is 2.42 bits per heavy atom. The number of rotatable bonds is 8. The highest BCUT2D eigenvalue weighted by Gasteiger charge is 2.22. The number of nitrogens with zero attached hydrogens (tertiary/aromatic N) is 1. The number of aliphatic imine (C=N–C) groups is 1. The van der Waals surface area contributed by atoms with E-state index in [2.05, 4.69) is 20.3 Å². The number of thioether (sulfide) groups is 1. The van der Waals surface area contributed by atoms with Gasteiger partial charge in [0.05, 0.1) is 6.26 Å². The summed E-state index contributed by atoms with van der Waals surface area (Å²) in [5.41, 5.74) is -0.608. The minimum absolute atomic E-state index is 0.421. The smallest absolute Gasteiger partial charge is 0.209 e. The lowest BCUT2D eigenvalue weighted by atomic mass is 10.1. The van der Waals surface area contributed by atoms with Crippen LogP contribution in [0.25, 0.3) is 0 Å². The van der Waals surface area contributed by atoms with Crippen molar-refractivity contribution >= 4 is 39.3 Å². The Morgan fingerprint density at radius 2 is 1.88 bits per heavy atom. The third-order valence-electron chi connectivity index (χ3n) is 2.86. The molecule has 0 fully saturated rings. The molecule has 3 N–H and O–H groups in total. The van der Waals surface area contributed by atoms with Crippen molar-refractivity contribution in [3.05, 3.63) is 29.3 Å². The third kappa shape index (κ3) is 9.36. The molecule has 0 spiro atoms. The van der Waals surface area contributed by atoms with Crippen LogP contribution in [0.15, 0.2) is 34.2 Å². The zero-order valence-electron chi connectivity index (χ0n) is 14.4. The fraction of sp³-hybridized carbons (Fsp3) is 0.533. The van der Waals surface area contributed by atoms with E-state index in [0.29, 0.717) is 12.5 Å². The summed E-state index contributed by atoms with van der Waals surface area (Å²) in [6.45, 7) is 4.77. The standard InChI is InChI=1S/C15H25ClN4O2S2/c1-15(2,20-24(4,21)22)11-19-14(17-3)18-9-10-23-13-7-5-12(16)6-8-13/h5-8,20H,9-11H2,1-4H3,(H2,17,18,19). The van der Waals surface area contributed by atoms with E-state index < -0.39 is 15.6 Å². The number of benzene rings is 1. The first-order valence-corrected chi connectivity index (χ1v) is 10.7. The molecule has 6 nitrogen and oxygen atoms in total. The van der Waals surface area contributed by atoms with Gasteiger partial charge in [-0.2, -0.15) is 0 Å². The van der Waals surface area contributed by atoms with Crippen LogP contribution in [0.1, 0.15) is 13.8 Å². The van der Waals surface area contributed by atoms with Gasteiger partial charge >= 0.3 is 0 Å². The lowest BCUT2D eigenvalue weighted by Gasteiger charge is -2.26. The predicted octanol–water partition coefficient (Wildman–Crippen LogP) is 1.92. The van der Waals surface area contributed by atoms with E-state index in [1.54, 1.807) is 18.8 Å². The summed E-state index contributed by atoms with van der Waals surface area (Å²) in [4.78, 5) is 5.29. The zero-order chi connectivity index (χ0) is 18.2. The van der Waals surface area contributed by atoms with E-state index >= 15 is 0 Å². The highest BCUT2D eigenvalue weighted by Crippen LogP contribution is 2.19. The van der Waals surface area contributed by atoms with E-state index in [0.717, 1.165) is 28.5 Å². The average molecular weight is 393 g/mol. The molecule has 0 aromatic heterocycles. The lowest BCUT2D eigenvalue weighted by molar-refractivity contribution is 0.447. The molecule has 0 aliphatic carbocycles. The molecule has 0 bridgehead atoms. The summed E-state index contributed by atoms with van der Waals surface area (Å²) in [6, 6.07) is 7.71. The molecule has 1 aromatic carbocycles. The number of nitrogens with one attached hydrogen (secondary N) is 3. The molecule has 0 unspecified atom stereocenters. The topological polar surface area (TPSA) is 82.6 Å². The Balaban J connectivity index is 2.33. The molecular formula is C15H25ClN4O2S2. The van der Waals surface area contributed by atoms with Crippen LogP contribution < -0.4 is 15.4 Å². The van der Waals surface area contributed by atoms with Crippen molar-refractivity contribution in [3.63, 3.8) is 0 Å². The van der Waals surface area contributed by atoms with Gasteiger partial charge in [-0.15, -0.1) is 11.8 Å². The van der Waals surface area contributed by atoms with Crippen molar-refractivity contribution in [2.45, 2.75) is 24.3 Å². The molecule has 0 saturated heterocycles. The van der Waals surface area contributed by atoms with Crippen LogP contribution in [0.4, 0.5) is 0 Å². The van der Waals surface area contributed by atoms with Crippen LogP contribution in [-0.4, -0.2) is 52.1 Å². The molecule has 0 atom stereocenters. The molecule has 0 radical (unpaired) electrons. The summed E-state index contributed by atoms with van der Waals surface area (Å²) < 4.78 is 25.2. The second-order valence-corrected chi connectivity index (χ2v) is 9.27. The predicted molar refractivity (Wildman–Crippen MR) is 104 cm³/mol. The monoisotopic (exact) mass is 392 g/mol. The summed E-state index contributed by atoms with van der Waals surface area (Å²) in [6.07, 6.45) is 1.15. The Morgan fingerprint density at radius 1 is 1.25 bits per heavy atom. The highest BCUT2D eigenvalue weighted by molar-refractivity contribution is 7.99. The number of guanidine groups is 1. The summed E-state index contributed by atoms with van der Waals surface area (Å²) in [7, 11) is -1.57. The van der Waals surface area contributed by atoms with E-state index in [9.17, 15) is 8.42 Å². The van der Waals surface area contributed by atoms with E-state index in [1.807, 2.05) is 38.1 Å². The van der Waals surface area contributed by atoms with Gasteiger partial charge in [0, 0.05) is 41.3 Å². The maximum absolute atomic E-state index is 11.3. The molecule has 0 aliphatic rings. The second-order valence-electron chi connectivity index (χ2n) is 5.91. The van der Waals surface area contributed by atoms with E-state index in [1.165, 1.54) is 0 Å². The first-order chi connectivity index (χ1) is 11.1. The van der Waals surface area contributed by atoms with Crippen molar-refractivity contribution in [2.24, 2.45) is 4.99 Å². The fourth-order valence-corrected chi connectivity index (χ4v) is 3.90. The largest absolute Gasteiger partial charge is 0.356 e. The van der Waals surface area contributed by atoms with Crippen LogP contribution in [0.3, 0.4) is 0 Å². The Labute approximate surface area is 153 Å². The van der Waals surface area contributed by atoms with E-state index in [4.69, 9.17) is 11.6 Å². The number of hydrogen-bond donors (Lipinski definition) is 3. The Bertz CT molecular complexity index is 646. The highest BCUT2D eigenvalue weighted by atomic mass is 35.5. The van der Waals surface area contributed by atoms with Crippen LogP contribution >= 0.6 is 23.4 Å². The van der Waals surface area contributed by atoms with Gasteiger partial charge in [-0.25, -0.2) is 13.1 Å². The van der Waals surface area contributed by atoms with Gasteiger partial charge in [0.25, 0.3) is 0 Å². The molecular weight excluding hydrogens is 368 g/mol. The van der Waals surface area contributed by atoms with Crippen LogP contribution in [0.2, 0.25) is 5.02 Å². The normalized spacial score (nSPS) is 13.0. The molecule has 136 valence electrons. The summed E-state index contributed by atoms with van der Waals surface area (Å²) in [5.74, 6) is 1.50. The second kappa shape index (κ2) is 9.50. The van der Waals surface area contributed by atoms with Crippen molar-refractivity contribution in [3.8, 4) is 0 Å². The number of halogens is 1. The molecule has 24 heavy (non-hydrogen) atoms. The first kappa shape index (κ1) is 21.1. The number of hydrogen-bond acceptors (Lipinski definition) is 4. The van der Waals surface area contributed by atoms with Crippen LogP contribution in [0.5, 0.6) is 0 Å². The molecule has 1 aromatic rings. The minimum atomic E-state index is -3.25. The van der Waals surface area contributed by atoms with Gasteiger partial charge in [-0.1, -0.05) is 11.6 Å². The van der Waals surface area contributed by atoms with E-state index in [-0.39, 0.29) is 0 Å². The van der Waals surface area contributed by atoms with Gasteiger partial charge in [-0.05, 0) is 38.1 Å². The zero-order valence-corrected chi connectivity index (χ0v) is 16.8. The molecule has 0 aliphatic heterocycles. The molecule has 0 amide bonds. The SMILES string of the molecule is CN=C(NCCSc1ccc(Cl)cc1)NCC(C)(C)NS(C)(=O)=O. The Hall–Kier alpha value is -0.960. The van der Waals surface area contributed by atoms with Crippen LogP contribution in [0, 0.1) is 0 Å². The van der Waals surface area contributed by atoms with Crippen molar-refractivity contribution in [2.75, 3.05) is 32.1 Å². The minimum Gasteiger partial charge on any atom is -0.356 e. The van der Waals surface area contributed by atoms with Crippen molar-refractivity contribution in [1.82, 2.24) is 15.4 Å². The van der Waals surface area contributed by atoms with Gasteiger partial charge in [0.1, 0.15) is 0 Å². The molecule has 9 heteroatoms. The van der Waals surface area contributed by atoms with Crippen LogP contribution in [-0.2, 0) is 10.0 Å². The molecule has 1 rings (SSSR count). The van der Waals surface area contributed by atoms with Gasteiger partial charge in [0.15, 0.2) is 5.96 Å². The maximum Gasteiger partial charge on any atom is 0.209 e. The van der Waals surface area contributed by atoms with Crippen molar-refractivity contribution in [1.29, 1.82) is 0 Å². The summed E-state index contributed by atoms with van der Waals surface area (Å²) >= 11 is 7.57. The first-order valence-electron chi connectivity index (χ1n) is 7.43. The van der Waals surface area contributed by atoms with Crippen molar-refractivity contribution < 1.29 is 8.42 Å².